The van der Waals surface area contributed by atoms with Crippen LogP contribution < -0.4 is 5.32 Å². The number of aliphatic hydroxyl groups excluding tert-OH is 1. The molecular weight excluding hydrogens is 471 g/mol. The Labute approximate surface area is 203 Å². The molecule has 7 nitrogen and oxygen atoms in total. The Morgan fingerprint density at radius 1 is 1.06 bits per heavy atom. The zero-order chi connectivity index (χ0) is 25.9. The highest BCUT2D eigenvalue weighted by Crippen LogP contribution is 2.31. The number of nitrogens with one attached hydrogen (secondary N) is 1. The maximum atomic E-state index is 13.4. The summed E-state index contributed by atoms with van der Waals surface area (Å²) in [6.45, 7) is 7.13. The first-order valence-electron chi connectivity index (χ1n) is 10.4. The monoisotopic (exact) mass is 487 g/mol. The van der Waals surface area contributed by atoms with Gasteiger partial charge in [-0.3, -0.25) is 4.79 Å². The molecule has 3 aromatic carbocycles. The Morgan fingerprint density at radius 2 is 1.75 bits per heavy atom. The topological polar surface area (TPSA) is 95.3 Å². The average Bonchev–Trinajstić information content (AvgIpc) is 3.35. The Bertz CT molecular complexity index is 1530. The van der Waals surface area contributed by atoms with Gasteiger partial charge in [0, 0.05) is 11.8 Å². The van der Waals surface area contributed by atoms with Crippen LogP contribution in [0.4, 0.5) is 24.5 Å². The first kappa shape index (κ1) is 24.2. The van der Waals surface area contributed by atoms with Crippen molar-refractivity contribution in [1.82, 2.24) is 9.78 Å². The van der Waals surface area contributed by atoms with Gasteiger partial charge in [-0.1, -0.05) is 36.4 Å². The Balaban J connectivity index is 1.66. The fraction of sp³-hybridized carbons (Fsp3) is 0.0769. The van der Waals surface area contributed by atoms with E-state index < -0.39 is 29.6 Å². The van der Waals surface area contributed by atoms with Gasteiger partial charge in [-0.2, -0.15) is 23.5 Å². The number of alkyl halides is 3. The molecule has 0 bridgehead atoms. The highest BCUT2D eigenvalue weighted by atomic mass is 19.4. The van der Waals surface area contributed by atoms with Gasteiger partial charge in [0.2, 0.25) is 0 Å². The van der Waals surface area contributed by atoms with E-state index in [1.54, 1.807) is 30.3 Å². The standard InChI is InChI=1S/C26H16F3N5O2/c1-31-19-8-4-10-21(13-19)34-22(14-23(33-34)26(27,28)29)25(36)32-20-9-3-7-18(12-20)24(35)17-6-2-5-16(11-17)15-30/h2-14,24,35H,(H,32,36). The van der Waals surface area contributed by atoms with Crippen LogP contribution in [-0.2, 0) is 6.18 Å². The molecule has 1 atom stereocenters. The number of amides is 1. The van der Waals surface area contributed by atoms with Gasteiger partial charge in [-0.15, -0.1) is 0 Å². The number of halogens is 3. The van der Waals surface area contributed by atoms with E-state index in [1.807, 2.05) is 6.07 Å². The summed E-state index contributed by atoms with van der Waals surface area (Å²) in [5.41, 5.74) is 0.0915. The molecule has 4 rings (SSSR count). The highest BCUT2D eigenvalue weighted by Gasteiger charge is 2.36. The molecule has 178 valence electrons. The molecule has 1 unspecified atom stereocenters. The molecule has 0 aliphatic rings. The third-order valence-electron chi connectivity index (χ3n) is 5.23. The molecule has 1 aromatic heterocycles. The van der Waals surface area contributed by atoms with Gasteiger partial charge < -0.3 is 10.4 Å². The van der Waals surface area contributed by atoms with Crippen molar-refractivity contribution in [3.63, 3.8) is 0 Å². The van der Waals surface area contributed by atoms with Crippen LogP contribution in [0.3, 0.4) is 0 Å². The van der Waals surface area contributed by atoms with E-state index in [-0.39, 0.29) is 17.1 Å². The number of aromatic nitrogens is 2. The zero-order valence-corrected chi connectivity index (χ0v) is 18.4. The van der Waals surface area contributed by atoms with Gasteiger partial charge >= 0.3 is 6.18 Å². The van der Waals surface area contributed by atoms with E-state index in [2.05, 4.69) is 15.3 Å². The smallest absolute Gasteiger partial charge is 0.384 e. The van der Waals surface area contributed by atoms with Crippen molar-refractivity contribution in [2.45, 2.75) is 12.3 Å². The lowest BCUT2D eigenvalue weighted by atomic mass is 9.99. The minimum atomic E-state index is -4.79. The SMILES string of the molecule is [C-]#[N+]c1cccc(-n2nc(C(F)(F)F)cc2C(=O)Nc2cccc(C(O)c3cccc(C#N)c3)c2)c1. The molecule has 10 heteroatoms. The van der Waals surface area contributed by atoms with Crippen molar-refractivity contribution in [3.8, 4) is 11.8 Å². The Morgan fingerprint density at radius 3 is 2.44 bits per heavy atom. The second-order valence-corrected chi connectivity index (χ2v) is 7.68. The molecule has 0 radical (unpaired) electrons. The first-order valence-corrected chi connectivity index (χ1v) is 10.4. The summed E-state index contributed by atoms with van der Waals surface area (Å²) in [5, 5.41) is 25.9. The fourth-order valence-corrected chi connectivity index (χ4v) is 3.52. The number of carbonyl (C=O) groups is 1. The molecule has 0 fully saturated rings. The predicted octanol–water partition coefficient (Wildman–Crippen LogP) is 5.65. The van der Waals surface area contributed by atoms with Crippen LogP contribution in [0.15, 0.2) is 78.9 Å². The van der Waals surface area contributed by atoms with Crippen LogP contribution >= 0.6 is 0 Å². The van der Waals surface area contributed by atoms with Crippen molar-refractivity contribution in [3.05, 3.63) is 118 Å². The summed E-state index contributed by atoms with van der Waals surface area (Å²) in [7, 11) is 0. The van der Waals surface area contributed by atoms with Crippen molar-refractivity contribution >= 4 is 17.3 Å². The fourth-order valence-electron chi connectivity index (χ4n) is 3.52. The normalized spacial score (nSPS) is 11.8. The molecule has 0 aliphatic carbocycles. The van der Waals surface area contributed by atoms with E-state index in [9.17, 15) is 23.1 Å². The van der Waals surface area contributed by atoms with Crippen molar-refractivity contribution < 1.29 is 23.1 Å². The summed E-state index contributed by atoms with van der Waals surface area (Å²) >= 11 is 0. The minimum absolute atomic E-state index is 0.116. The Kier molecular flexibility index (Phi) is 6.55. The van der Waals surface area contributed by atoms with Crippen LogP contribution in [-0.4, -0.2) is 20.8 Å². The van der Waals surface area contributed by atoms with Crippen LogP contribution in [0.1, 0.15) is 39.0 Å². The molecule has 2 N–H and O–H groups in total. The molecule has 1 heterocycles. The van der Waals surface area contributed by atoms with Gasteiger partial charge in [-0.25, -0.2) is 9.53 Å². The minimum Gasteiger partial charge on any atom is -0.384 e. The molecule has 0 saturated carbocycles. The molecule has 0 aliphatic heterocycles. The average molecular weight is 487 g/mol. The van der Waals surface area contributed by atoms with Gasteiger partial charge in [0.15, 0.2) is 11.4 Å². The van der Waals surface area contributed by atoms with Crippen molar-refractivity contribution in [2.75, 3.05) is 5.32 Å². The third-order valence-corrected chi connectivity index (χ3v) is 5.23. The quantitative estimate of drug-likeness (QED) is 0.356. The third kappa shape index (κ3) is 5.09. The molecule has 4 aromatic rings. The first-order chi connectivity index (χ1) is 17.2. The number of carbonyl (C=O) groups excluding carboxylic acids is 1. The van der Waals surface area contributed by atoms with Crippen LogP contribution in [0.25, 0.3) is 10.5 Å². The lowest BCUT2D eigenvalue weighted by molar-refractivity contribution is -0.141. The Hall–Kier alpha value is -4.93. The number of hydrogen-bond acceptors (Lipinski definition) is 4. The maximum absolute atomic E-state index is 13.4. The summed E-state index contributed by atoms with van der Waals surface area (Å²) in [6.07, 6.45) is -5.89. The highest BCUT2D eigenvalue weighted by molar-refractivity contribution is 6.03. The molecular formula is C26H16F3N5O2. The van der Waals surface area contributed by atoms with Gasteiger partial charge in [-0.05, 0) is 47.5 Å². The summed E-state index contributed by atoms with van der Waals surface area (Å²) in [4.78, 5) is 16.3. The van der Waals surface area contributed by atoms with Gasteiger partial charge in [0.05, 0.1) is 23.9 Å². The van der Waals surface area contributed by atoms with Crippen LogP contribution in [0.2, 0.25) is 0 Å². The largest absolute Gasteiger partial charge is 0.435 e. The van der Waals surface area contributed by atoms with Crippen molar-refractivity contribution in [2.24, 2.45) is 0 Å². The van der Waals surface area contributed by atoms with Crippen LogP contribution in [0, 0.1) is 17.9 Å². The predicted molar refractivity (Wildman–Crippen MR) is 124 cm³/mol. The van der Waals surface area contributed by atoms with E-state index in [0.29, 0.717) is 22.8 Å². The van der Waals surface area contributed by atoms with E-state index in [4.69, 9.17) is 11.8 Å². The number of anilines is 1. The lowest BCUT2D eigenvalue weighted by Gasteiger charge is -2.14. The second kappa shape index (κ2) is 9.74. The van der Waals surface area contributed by atoms with Gasteiger partial charge in [0.1, 0.15) is 11.8 Å². The molecule has 1 amide bonds. The summed E-state index contributed by atoms with van der Waals surface area (Å²) < 4.78 is 41.0. The zero-order valence-electron chi connectivity index (χ0n) is 18.4. The van der Waals surface area contributed by atoms with E-state index in [1.165, 1.54) is 42.5 Å². The lowest BCUT2D eigenvalue weighted by Crippen LogP contribution is -2.17. The molecule has 0 spiro atoms. The second-order valence-electron chi connectivity index (χ2n) is 7.68. The number of hydrogen-bond donors (Lipinski definition) is 2. The van der Waals surface area contributed by atoms with Gasteiger partial charge in [0.25, 0.3) is 5.91 Å². The number of rotatable bonds is 5. The number of benzene rings is 3. The van der Waals surface area contributed by atoms with E-state index >= 15 is 0 Å². The number of nitrogens with zero attached hydrogens (tertiary/aromatic N) is 4. The summed E-state index contributed by atoms with van der Waals surface area (Å²) in [6, 6.07) is 20.9. The number of aliphatic hydroxyl groups is 1. The maximum Gasteiger partial charge on any atom is 0.435 e. The number of nitriles is 1. The molecule has 36 heavy (non-hydrogen) atoms. The van der Waals surface area contributed by atoms with Crippen molar-refractivity contribution in [1.29, 1.82) is 5.26 Å². The molecule has 0 saturated heterocycles. The van der Waals surface area contributed by atoms with Crippen LogP contribution in [0.5, 0.6) is 0 Å². The van der Waals surface area contributed by atoms with E-state index in [0.717, 1.165) is 4.68 Å². The summed E-state index contributed by atoms with van der Waals surface area (Å²) in [5.74, 6) is -0.871.